The van der Waals surface area contributed by atoms with Crippen molar-refractivity contribution in [1.82, 2.24) is 4.57 Å². The van der Waals surface area contributed by atoms with E-state index >= 15 is 0 Å². The molecule has 0 bridgehead atoms. The standard InChI is InChI=1S/C19H16N2O5/c1-19(2)8-7-10-14(26-19)9-13-16(17(10)22)18(23)15-11(20(13)3)5-4-6-12(15)21(24)25/h4-9,22H,1-3H3. The van der Waals surface area contributed by atoms with Crippen LogP contribution in [0.25, 0.3) is 27.9 Å². The van der Waals surface area contributed by atoms with Gasteiger partial charge < -0.3 is 14.4 Å². The number of aromatic nitrogens is 1. The van der Waals surface area contributed by atoms with E-state index in [1.165, 1.54) is 12.1 Å². The third kappa shape index (κ3) is 2.10. The second-order valence-electron chi connectivity index (χ2n) is 6.89. The number of phenolic OH excluding ortho intramolecular Hbond substituents is 1. The molecular weight excluding hydrogens is 336 g/mol. The molecule has 1 aliphatic rings. The van der Waals surface area contributed by atoms with Crippen molar-refractivity contribution >= 4 is 33.6 Å². The number of hydrogen-bond donors (Lipinski definition) is 1. The predicted octanol–water partition coefficient (Wildman–Crippen LogP) is 3.49. The number of nitro benzene ring substituents is 1. The number of nitrogens with zero attached hydrogens (tertiary/aromatic N) is 2. The van der Waals surface area contributed by atoms with Crippen LogP contribution in [-0.4, -0.2) is 20.2 Å². The number of aryl methyl sites for hydroxylation is 1. The highest BCUT2D eigenvalue weighted by atomic mass is 16.6. The van der Waals surface area contributed by atoms with Crippen LogP contribution in [0.15, 0.2) is 35.1 Å². The second kappa shape index (κ2) is 5.08. The average molecular weight is 352 g/mol. The van der Waals surface area contributed by atoms with Crippen LogP contribution in [0.3, 0.4) is 0 Å². The maximum Gasteiger partial charge on any atom is 0.282 e. The monoisotopic (exact) mass is 352 g/mol. The van der Waals surface area contributed by atoms with Gasteiger partial charge in [-0.15, -0.1) is 0 Å². The first-order valence-electron chi connectivity index (χ1n) is 8.05. The van der Waals surface area contributed by atoms with Crippen LogP contribution in [0.1, 0.15) is 19.4 Å². The number of phenols is 1. The van der Waals surface area contributed by atoms with Gasteiger partial charge in [0, 0.05) is 19.2 Å². The van der Waals surface area contributed by atoms with Crippen LogP contribution >= 0.6 is 0 Å². The summed E-state index contributed by atoms with van der Waals surface area (Å²) in [6.07, 6.45) is 3.49. The van der Waals surface area contributed by atoms with Gasteiger partial charge in [-0.1, -0.05) is 6.07 Å². The van der Waals surface area contributed by atoms with Gasteiger partial charge in [0.1, 0.15) is 22.5 Å². The number of ether oxygens (including phenoxy) is 1. The summed E-state index contributed by atoms with van der Waals surface area (Å²) in [4.78, 5) is 23.8. The molecule has 26 heavy (non-hydrogen) atoms. The number of hydrogen-bond acceptors (Lipinski definition) is 5. The van der Waals surface area contributed by atoms with Gasteiger partial charge in [-0.05, 0) is 32.1 Å². The number of non-ortho nitro benzene ring substituents is 1. The molecule has 132 valence electrons. The zero-order valence-corrected chi connectivity index (χ0v) is 14.4. The van der Waals surface area contributed by atoms with E-state index < -0.39 is 16.0 Å². The first-order chi connectivity index (χ1) is 12.2. The van der Waals surface area contributed by atoms with E-state index in [0.717, 1.165) is 0 Å². The van der Waals surface area contributed by atoms with Gasteiger partial charge in [0.05, 0.1) is 26.9 Å². The summed E-state index contributed by atoms with van der Waals surface area (Å²) in [7, 11) is 1.70. The van der Waals surface area contributed by atoms with Crippen LogP contribution in [-0.2, 0) is 7.05 Å². The van der Waals surface area contributed by atoms with Crippen molar-refractivity contribution in [2.75, 3.05) is 0 Å². The number of rotatable bonds is 1. The Kier molecular flexibility index (Phi) is 3.15. The lowest BCUT2D eigenvalue weighted by Crippen LogP contribution is -2.27. The summed E-state index contributed by atoms with van der Waals surface area (Å²) in [5.41, 5.74) is -0.130. The van der Waals surface area contributed by atoms with E-state index in [1.807, 2.05) is 13.8 Å². The SMILES string of the molecule is Cn1c2cccc([N+](=O)[O-])c2c(=O)c2c(O)c3c(cc21)OC(C)(C)C=C3. The summed E-state index contributed by atoms with van der Waals surface area (Å²) < 4.78 is 7.57. The van der Waals surface area contributed by atoms with Crippen LogP contribution in [0.4, 0.5) is 5.69 Å². The van der Waals surface area contributed by atoms with Crippen molar-refractivity contribution in [2.45, 2.75) is 19.4 Å². The molecule has 0 saturated carbocycles. The normalized spacial score (nSPS) is 15.0. The fourth-order valence-corrected chi connectivity index (χ4v) is 3.43. The van der Waals surface area contributed by atoms with E-state index in [1.54, 1.807) is 35.9 Å². The highest BCUT2D eigenvalue weighted by Crippen LogP contribution is 2.41. The quantitative estimate of drug-likeness (QED) is 0.411. The molecule has 7 heteroatoms. The molecule has 0 saturated heterocycles. The molecule has 0 amide bonds. The van der Waals surface area contributed by atoms with Crippen molar-refractivity contribution in [3.05, 3.63) is 56.2 Å². The molecule has 1 N–H and O–H groups in total. The molecule has 0 aliphatic carbocycles. The Bertz CT molecular complexity index is 1200. The Morgan fingerprint density at radius 2 is 1.96 bits per heavy atom. The van der Waals surface area contributed by atoms with E-state index in [4.69, 9.17) is 4.74 Å². The third-order valence-corrected chi connectivity index (χ3v) is 4.70. The number of aromatic hydroxyl groups is 1. The lowest BCUT2D eigenvalue weighted by atomic mass is 9.98. The fraction of sp³-hybridized carbons (Fsp3) is 0.211. The van der Waals surface area contributed by atoms with Crippen molar-refractivity contribution in [3.63, 3.8) is 0 Å². The highest BCUT2D eigenvalue weighted by molar-refractivity contribution is 6.02. The number of nitro groups is 1. The molecule has 0 atom stereocenters. The van der Waals surface area contributed by atoms with Crippen molar-refractivity contribution in [3.8, 4) is 11.5 Å². The van der Waals surface area contributed by atoms with Crippen LogP contribution in [0, 0.1) is 10.1 Å². The number of fused-ring (bicyclic) bond motifs is 3. The summed E-state index contributed by atoms with van der Waals surface area (Å²) in [6.45, 7) is 3.77. The molecule has 1 aromatic heterocycles. The molecular formula is C19H16N2O5. The zero-order valence-electron chi connectivity index (χ0n) is 14.4. The molecule has 0 fully saturated rings. The topological polar surface area (TPSA) is 94.6 Å². The second-order valence-corrected chi connectivity index (χ2v) is 6.89. The van der Waals surface area contributed by atoms with E-state index in [0.29, 0.717) is 22.3 Å². The minimum atomic E-state index is -0.587. The summed E-state index contributed by atoms with van der Waals surface area (Å²) in [5, 5.41) is 22.1. The molecule has 0 unspecified atom stereocenters. The molecule has 2 heterocycles. The largest absolute Gasteiger partial charge is 0.506 e. The number of pyridine rings is 1. The van der Waals surface area contributed by atoms with Crippen molar-refractivity contribution < 1.29 is 14.8 Å². The van der Waals surface area contributed by atoms with Gasteiger partial charge in [-0.25, -0.2) is 0 Å². The Morgan fingerprint density at radius 3 is 2.65 bits per heavy atom. The molecule has 2 aromatic carbocycles. The zero-order chi connectivity index (χ0) is 18.8. The van der Waals surface area contributed by atoms with Gasteiger partial charge in [0.25, 0.3) is 5.69 Å². The van der Waals surface area contributed by atoms with Crippen LogP contribution in [0.2, 0.25) is 0 Å². The van der Waals surface area contributed by atoms with Crippen LogP contribution < -0.4 is 10.2 Å². The van der Waals surface area contributed by atoms with Crippen molar-refractivity contribution in [2.24, 2.45) is 7.05 Å². The summed E-state index contributed by atoms with van der Waals surface area (Å²) >= 11 is 0. The van der Waals surface area contributed by atoms with Gasteiger partial charge >= 0.3 is 0 Å². The summed E-state index contributed by atoms with van der Waals surface area (Å²) in [5.74, 6) is 0.229. The predicted molar refractivity (Wildman–Crippen MR) is 98.8 cm³/mol. The molecule has 4 rings (SSSR count). The molecule has 1 aliphatic heterocycles. The van der Waals surface area contributed by atoms with E-state index in [2.05, 4.69) is 0 Å². The Balaban J connectivity index is 2.23. The van der Waals surface area contributed by atoms with E-state index in [9.17, 15) is 20.0 Å². The maximum absolute atomic E-state index is 13.1. The lowest BCUT2D eigenvalue weighted by molar-refractivity contribution is -0.383. The van der Waals surface area contributed by atoms with Gasteiger partial charge in [-0.3, -0.25) is 14.9 Å². The third-order valence-electron chi connectivity index (χ3n) is 4.70. The van der Waals surface area contributed by atoms with Crippen LogP contribution in [0.5, 0.6) is 11.5 Å². The number of benzene rings is 2. The lowest BCUT2D eigenvalue weighted by Gasteiger charge is -2.28. The van der Waals surface area contributed by atoms with Gasteiger partial charge in [-0.2, -0.15) is 0 Å². The minimum Gasteiger partial charge on any atom is -0.506 e. The summed E-state index contributed by atoms with van der Waals surface area (Å²) in [6, 6.07) is 6.16. The molecule has 0 spiro atoms. The van der Waals surface area contributed by atoms with E-state index in [-0.39, 0.29) is 22.2 Å². The molecule has 7 nitrogen and oxygen atoms in total. The maximum atomic E-state index is 13.1. The smallest absolute Gasteiger partial charge is 0.282 e. The van der Waals surface area contributed by atoms with Gasteiger partial charge in [0.15, 0.2) is 0 Å². The Morgan fingerprint density at radius 1 is 1.23 bits per heavy atom. The molecule has 3 aromatic rings. The molecule has 0 radical (unpaired) electrons. The Labute approximate surface area is 147 Å². The minimum absolute atomic E-state index is 0.0243. The first kappa shape index (κ1) is 16.1. The fourth-order valence-electron chi connectivity index (χ4n) is 3.43. The average Bonchev–Trinajstić information content (AvgIpc) is 2.57. The highest BCUT2D eigenvalue weighted by Gasteiger charge is 2.27. The first-order valence-corrected chi connectivity index (χ1v) is 8.05. The van der Waals surface area contributed by atoms with Crippen molar-refractivity contribution in [1.29, 1.82) is 0 Å². The Hall–Kier alpha value is -3.35. The van der Waals surface area contributed by atoms with Gasteiger partial charge in [0.2, 0.25) is 5.43 Å².